The lowest BCUT2D eigenvalue weighted by Crippen LogP contribution is -2.54. The summed E-state index contributed by atoms with van der Waals surface area (Å²) in [5.41, 5.74) is 4.62. The SMILES string of the molecule is COc1cc2c(cc1OC)[C@H](C(=O)N1CCN(Cc3ccc4c(c3)OCO4)CC1)[C@H]1c3ccccc3CCN1C2=O. The van der Waals surface area contributed by atoms with Gasteiger partial charge in [-0.15, -0.1) is 0 Å². The quantitative estimate of drug-likeness (QED) is 0.476. The Morgan fingerprint density at radius 1 is 0.878 bits per heavy atom. The summed E-state index contributed by atoms with van der Waals surface area (Å²) in [6.45, 7) is 4.36. The van der Waals surface area contributed by atoms with Crippen LogP contribution in [0.5, 0.6) is 23.0 Å². The van der Waals surface area contributed by atoms with Gasteiger partial charge in [0.05, 0.1) is 26.2 Å². The van der Waals surface area contributed by atoms with Gasteiger partial charge < -0.3 is 28.7 Å². The minimum atomic E-state index is -0.538. The predicted octanol–water partition coefficient (Wildman–Crippen LogP) is 3.61. The zero-order valence-electron chi connectivity index (χ0n) is 23.3. The average Bonchev–Trinajstić information content (AvgIpc) is 3.49. The Kier molecular flexibility index (Phi) is 6.46. The van der Waals surface area contributed by atoms with Gasteiger partial charge in [0, 0.05) is 44.8 Å². The molecule has 4 heterocycles. The largest absolute Gasteiger partial charge is 0.493 e. The van der Waals surface area contributed by atoms with Crippen molar-refractivity contribution in [2.45, 2.75) is 24.9 Å². The van der Waals surface area contributed by atoms with Crippen LogP contribution in [-0.4, -0.2) is 80.3 Å². The molecule has 0 bridgehead atoms. The van der Waals surface area contributed by atoms with Crippen LogP contribution in [0.4, 0.5) is 0 Å². The maximum absolute atomic E-state index is 14.5. The van der Waals surface area contributed by atoms with E-state index in [9.17, 15) is 9.59 Å². The van der Waals surface area contributed by atoms with E-state index in [4.69, 9.17) is 18.9 Å². The second kappa shape index (κ2) is 10.3. The lowest BCUT2D eigenvalue weighted by Gasteiger charge is -2.47. The molecule has 0 saturated carbocycles. The Labute approximate surface area is 239 Å². The fraction of sp³-hybridized carbons (Fsp3) is 0.375. The van der Waals surface area contributed by atoms with Gasteiger partial charge in [0.15, 0.2) is 23.0 Å². The van der Waals surface area contributed by atoms with E-state index in [1.54, 1.807) is 20.3 Å². The number of fused-ring (bicyclic) bond motifs is 5. The maximum Gasteiger partial charge on any atom is 0.254 e. The summed E-state index contributed by atoms with van der Waals surface area (Å²) in [6.07, 6.45) is 0.764. The van der Waals surface area contributed by atoms with E-state index in [-0.39, 0.29) is 24.6 Å². The van der Waals surface area contributed by atoms with Crippen LogP contribution in [-0.2, 0) is 17.8 Å². The van der Waals surface area contributed by atoms with Crippen molar-refractivity contribution < 1.29 is 28.5 Å². The average molecular weight is 556 g/mol. The molecule has 2 atom stereocenters. The Bertz CT molecular complexity index is 1520. The highest BCUT2D eigenvalue weighted by molar-refractivity contribution is 6.02. The van der Waals surface area contributed by atoms with Crippen molar-refractivity contribution >= 4 is 11.8 Å². The second-order valence-corrected chi connectivity index (χ2v) is 11.0. The molecule has 4 aliphatic heterocycles. The van der Waals surface area contributed by atoms with Crippen LogP contribution < -0.4 is 18.9 Å². The van der Waals surface area contributed by atoms with Crippen molar-refractivity contribution in [3.63, 3.8) is 0 Å². The molecule has 1 saturated heterocycles. The zero-order valence-corrected chi connectivity index (χ0v) is 23.3. The Balaban J connectivity index is 1.18. The van der Waals surface area contributed by atoms with E-state index in [1.165, 1.54) is 5.56 Å². The second-order valence-electron chi connectivity index (χ2n) is 11.0. The molecule has 0 radical (unpaired) electrons. The molecule has 0 unspecified atom stereocenters. The number of hydrogen-bond donors (Lipinski definition) is 0. The Morgan fingerprint density at radius 2 is 1.63 bits per heavy atom. The number of piperazine rings is 1. The van der Waals surface area contributed by atoms with Gasteiger partial charge >= 0.3 is 0 Å². The lowest BCUT2D eigenvalue weighted by atomic mass is 9.75. The van der Waals surface area contributed by atoms with Gasteiger partial charge in [-0.05, 0) is 52.9 Å². The summed E-state index contributed by atoms with van der Waals surface area (Å²) in [5.74, 6) is 2.00. The lowest BCUT2D eigenvalue weighted by molar-refractivity contribution is -0.136. The van der Waals surface area contributed by atoms with Crippen molar-refractivity contribution in [3.05, 3.63) is 82.4 Å². The molecular formula is C32H33N3O6. The molecule has 3 aromatic carbocycles. The van der Waals surface area contributed by atoms with Gasteiger partial charge in [-0.25, -0.2) is 0 Å². The van der Waals surface area contributed by atoms with Crippen LogP contribution in [0.2, 0.25) is 0 Å². The molecule has 0 aliphatic carbocycles. The molecule has 2 amide bonds. The molecule has 41 heavy (non-hydrogen) atoms. The summed E-state index contributed by atoms with van der Waals surface area (Å²) in [6, 6.07) is 17.4. The van der Waals surface area contributed by atoms with Crippen molar-refractivity contribution in [2.75, 3.05) is 53.7 Å². The summed E-state index contributed by atoms with van der Waals surface area (Å²) < 4.78 is 22.1. The van der Waals surface area contributed by atoms with Gasteiger partial charge in [0.2, 0.25) is 12.7 Å². The summed E-state index contributed by atoms with van der Waals surface area (Å²) in [4.78, 5) is 34.5. The van der Waals surface area contributed by atoms with Crippen LogP contribution in [0.1, 0.15) is 44.6 Å². The third-order valence-electron chi connectivity index (χ3n) is 8.82. The smallest absolute Gasteiger partial charge is 0.254 e. The van der Waals surface area contributed by atoms with Crippen molar-refractivity contribution in [1.82, 2.24) is 14.7 Å². The van der Waals surface area contributed by atoms with Gasteiger partial charge in [-0.1, -0.05) is 30.3 Å². The highest BCUT2D eigenvalue weighted by atomic mass is 16.7. The number of hydrogen-bond acceptors (Lipinski definition) is 7. The van der Waals surface area contributed by atoms with Gasteiger partial charge in [-0.3, -0.25) is 14.5 Å². The number of carbonyl (C=O) groups excluding carboxylic acids is 2. The summed E-state index contributed by atoms with van der Waals surface area (Å²) in [7, 11) is 3.14. The number of ether oxygens (including phenoxy) is 4. The predicted molar refractivity (Wildman–Crippen MR) is 151 cm³/mol. The number of carbonyl (C=O) groups is 2. The molecule has 9 nitrogen and oxygen atoms in total. The number of rotatable bonds is 5. The van der Waals surface area contributed by atoms with Crippen molar-refractivity contribution in [1.29, 1.82) is 0 Å². The number of benzene rings is 3. The van der Waals surface area contributed by atoms with Gasteiger partial charge in [0.25, 0.3) is 5.91 Å². The van der Waals surface area contributed by atoms with Crippen molar-refractivity contribution in [3.8, 4) is 23.0 Å². The number of amides is 2. The van der Waals surface area contributed by atoms with E-state index >= 15 is 0 Å². The zero-order chi connectivity index (χ0) is 28.1. The van der Waals surface area contributed by atoms with Crippen LogP contribution in [0.15, 0.2) is 54.6 Å². The Morgan fingerprint density at radius 3 is 2.44 bits per heavy atom. The molecule has 0 aromatic heterocycles. The van der Waals surface area contributed by atoms with E-state index < -0.39 is 5.92 Å². The van der Waals surface area contributed by atoms with Crippen LogP contribution in [0, 0.1) is 0 Å². The minimum Gasteiger partial charge on any atom is -0.493 e. The molecule has 0 spiro atoms. The van der Waals surface area contributed by atoms with E-state index in [0.29, 0.717) is 42.3 Å². The highest BCUT2D eigenvalue weighted by Gasteiger charge is 2.48. The Hall–Kier alpha value is -4.24. The first-order valence-electron chi connectivity index (χ1n) is 14.1. The van der Waals surface area contributed by atoms with Gasteiger partial charge in [0.1, 0.15) is 0 Å². The van der Waals surface area contributed by atoms with Crippen LogP contribution >= 0.6 is 0 Å². The van der Waals surface area contributed by atoms with E-state index in [0.717, 1.165) is 48.7 Å². The fourth-order valence-corrected chi connectivity index (χ4v) is 6.74. The molecule has 7 rings (SSSR count). The number of nitrogens with zero attached hydrogens (tertiary/aromatic N) is 3. The fourth-order valence-electron chi connectivity index (χ4n) is 6.74. The molecule has 4 aliphatic rings. The van der Waals surface area contributed by atoms with E-state index in [1.807, 2.05) is 40.1 Å². The molecular weight excluding hydrogens is 522 g/mol. The molecule has 212 valence electrons. The third-order valence-corrected chi connectivity index (χ3v) is 8.82. The van der Waals surface area contributed by atoms with E-state index in [2.05, 4.69) is 23.1 Å². The first kappa shape index (κ1) is 25.7. The number of methoxy groups -OCH3 is 2. The van der Waals surface area contributed by atoms with Crippen LogP contribution in [0.25, 0.3) is 0 Å². The maximum atomic E-state index is 14.5. The first-order valence-corrected chi connectivity index (χ1v) is 14.1. The summed E-state index contributed by atoms with van der Waals surface area (Å²) in [5, 5.41) is 0. The summed E-state index contributed by atoms with van der Waals surface area (Å²) >= 11 is 0. The topological polar surface area (TPSA) is 80.8 Å². The van der Waals surface area contributed by atoms with Crippen molar-refractivity contribution in [2.24, 2.45) is 0 Å². The standard InChI is InChI=1S/C32H33N3O6/c1-38-26-16-23-24(17-27(26)39-2)31(36)35-10-9-21-5-3-4-6-22(21)30(35)29(23)32(37)34-13-11-33(12-14-34)18-20-7-8-25-28(15-20)41-19-40-25/h3-8,15-17,29-30H,9-14,18-19H2,1-2H3/t29-,30+/m0/s1. The normalized spacial score (nSPS) is 21.2. The van der Waals surface area contributed by atoms with Gasteiger partial charge in [-0.2, -0.15) is 0 Å². The molecule has 3 aromatic rings. The molecule has 0 N–H and O–H groups in total. The van der Waals surface area contributed by atoms with Crippen LogP contribution in [0.3, 0.4) is 0 Å². The highest BCUT2D eigenvalue weighted by Crippen LogP contribution is 2.49. The molecule has 9 heteroatoms. The first-order chi connectivity index (χ1) is 20.1. The molecule has 1 fully saturated rings. The third kappa shape index (κ3) is 4.35. The monoisotopic (exact) mass is 555 g/mol. The minimum absolute atomic E-state index is 0.0420.